The fourth-order valence-corrected chi connectivity index (χ4v) is 15.0. The number of ether oxygens (including phenoxy) is 10. The number of aliphatic hydroxyl groups is 9. The SMILES string of the molecule is O=C(CCOCC(COCCC(=O)NCCCCNC(=O)c1cccc(OCc2cn([C@H]3CO[C@H](CO)[C@H](O)[C@@H]3O)nn2)c1)(COCCC(=O)NCCCCNC(=O)c1cccc(OCc2cn([C@H]3CO[C@H](CO)[C@H](O)[C@@H]3O)nn2)c1)NC(=O)CCCCCCCCCCC(=O)Oc1c(F)c(F)c(F)c(F)c1F)NCCCCNC(=O)c1cccc(OCc2cn([C@H]3CO[C@H](CO)[C@H](O)[C@@H]3O)nn2)c1. The Morgan fingerprint density at radius 1 is 0.374 bits per heavy atom. The van der Waals surface area contributed by atoms with Crippen molar-refractivity contribution in [3.05, 3.63) is 154 Å². The summed E-state index contributed by atoms with van der Waals surface area (Å²) in [6.45, 7) is -1.52. The van der Waals surface area contributed by atoms with Gasteiger partial charge in [-0.25, -0.2) is 27.2 Å². The van der Waals surface area contributed by atoms with Crippen LogP contribution in [0, 0.1) is 29.1 Å². The molecule has 0 spiro atoms. The molecule has 7 aromatic rings. The van der Waals surface area contributed by atoms with E-state index in [0.717, 1.165) is 0 Å². The predicted molar refractivity (Wildman–Crippen MR) is 475 cm³/mol. The molecule has 6 heterocycles. The first kappa shape index (κ1) is 110. The first-order valence-corrected chi connectivity index (χ1v) is 46.2. The second-order valence-corrected chi connectivity index (χ2v) is 33.7. The highest BCUT2D eigenvalue weighted by molar-refractivity contribution is 5.95. The van der Waals surface area contributed by atoms with Gasteiger partial charge >= 0.3 is 5.97 Å². The number of aliphatic hydroxyl groups excluding tert-OH is 9. The third-order valence-corrected chi connectivity index (χ3v) is 23.0. The van der Waals surface area contributed by atoms with Gasteiger partial charge in [-0.3, -0.25) is 38.4 Å². The number of rotatable bonds is 61. The van der Waals surface area contributed by atoms with Crippen LogP contribution < -0.4 is 56.2 Å². The minimum Gasteiger partial charge on any atom is -0.487 e. The number of hydrogen-bond acceptors (Lipinski definition) is 33. The summed E-state index contributed by atoms with van der Waals surface area (Å²) in [5.74, 6) is -16.0. The molecule has 0 saturated carbocycles. The number of aromatic nitrogens is 9. The van der Waals surface area contributed by atoms with Gasteiger partial charge in [0.2, 0.25) is 58.5 Å². The zero-order chi connectivity index (χ0) is 99.6. The highest BCUT2D eigenvalue weighted by Crippen LogP contribution is 2.32. The highest BCUT2D eigenvalue weighted by atomic mass is 19.2. The maximum absolute atomic E-state index is 14.1. The fraction of sp³-hybridized carbons (Fsp3) is 0.582. The van der Waals surface area contributed by atoms with Gasteiger partial charge in [0.05, 0.1) is 97.9 Å². The van der Waals surface area contributed by atoms with Crippen molar-refractivity contribution in [2.75, 3.05) is 119 Å². The summed E-state index contributed by atoms with van der Waals surface area (Å²) >= 11 is 0. The van der Waals surface area contributed by atoms with Crippen LogP contribution >= 0.6 is 0 Å². The molecule has 0 radical (unpaired) electrons. The molecule has 43 nitrogen and oxygen atoms in total. The lowest BCUT2D eigenvalue weighted by Gasteiger charge is -2.36. The smallest absolute Gasteiger partial charge is 0.311 e. The molecular weight excluding hydrogens is 1840 g/mol. The van der Waals surface area contributed by atoms with Crippen LogP contribution in [-0.2, 0) is 72.2 Å². The monoisotopic (exact) mass is 1970 g/mol. The quantitative estimate of drug-likeness (QED) is 0.00644. The average Bonchev–Trinajstić information content (AvgIpc) is 1.29. The Kier molecular flexibility index (Phi) is 45.1. The van der Waals surface area contributed by atoms with Crippen molar-refractivity contribution in [2.45, 2.75) is 220 Å². The molecule has 0 unspecified atom stereocenters. The molecular formula is C91H123F5N16O27. The van der Waals surface area contributed by atoms with E-state index in [2.05, 4.69) is 72.9 Å². The number of nitrogens with zero attached hydrogens (tertiary/aromatic N) is 9. The zero-order valence-electron chi connectivity index (χ0n) is 76.7. The summed E-state index contributed by atoms with van der Waals surface area (Å²) in [5, 5.41) is 136. The van der Waals surface area contributed by atoms with Crippen molar-refractivity contribution in [1.29, 1.82) is 0 Å². The van der Waals surface area contributed by atoms with Gasteiger partial charge < -0.3 is 131 Å². The number of carbonyl (C=O) groups is 8. The molecule has 7 amide bonds. The maximum atomic E-state index is 14.1. The summed E-state index contributed by atoms with van der Waals surface area (Å²) < 4.78 is 130. The second kappa shape index (κ2) is 57.3. The minimum absolute atomic E-state index is 0.00801. The van der Waals surface area contributed by atoms with Crippen molar-refractivity contribution in [2.24, 2.45) is 0 Å². The number of unbranched alkanes of at least 4 members (excludes halogenated alkanes) is 10. The van der Waals surface area contributed by atoms with Crippen LogP contribution in [0.2, 0.25) is 0 Å². The molecule has 3 aromatic heterocycles. The summed E-state index contributed by atoms with van der Waals surface area (Å²) in [6.07, 6.45) is 0.347. The largest absolute Gasteiger partial charge is 0.487 e. The summed E-state index contributed by atoms with van der Waals surface area (Å²) in [7, 11) is 0. The van der Waals surface area contributed by atoms with E-state index in [1.54, 1.807) is 72.8 Å². The van der Waals surface area contributed by atoms with E-state index in [1.807, 2.05) is 0 Å². The molecule has 0 aliphatic carbocycles. The van der Waals surface area contributed by atoms with Crippen LogP contribution in [0.3, 0.4) is 0 Å². The van der Waals surface area contributed by atoms with E-state index in [9.17, 15) is 106 Å². The summed E-state index contributed by atoms with van der Waals surface area (Å²) in [5.41, 5.74) is 0.581. The Labute approximate surface area is 796 Å². The molecule has 3 fully saturated rings. The van der Waals surface area contributed by atoms with Crippen molar-refractivity contribution in [3.63, 3.8) is 0 Å². The van der Waals surface area contributed by atoms with Gasteiger partial charge in [-0.1, -0.05) is 72.4 Å². The number of esters is 1. The van der Waals surface area contributed by atoms with E-state index >= 15 is 0 Å². The molecule has 48 heteroatoms. The van der Waals surface area contributed by atoms with Crippen molar-refractivity contribution in [3.8, 4) is 23.0 Å². The Morgan fingerprint density at radius 2 is 0.676 bits per heavy atom. The van der Waals surface area contributed by atoms with Gasteiger partial charge in [-0.15, -0.1) is 15.3 Å². The van der Waals surface area contributed by atoms with Crippen molar-refractivity contribution >= 4 is 47.3 Å². The lowest BCUT2D eigenvalue weighted by Crippen LogP contribution is -2.58. The van der Waals surface area contributed by atoms with Gasteiger partial charge in [0.25, 0.3) is 17.7 Å². The van der Waals surface area contributed by atoms with Crippen LogP contribution in [-0.4, -0.2) is 317 Å². The first-order valence-electron chi connectivity index (χ1n) is 46.2. The number of halogens is 5. The Balaban J connectivity index is 0.685. The predicted octanol–water partition coefficient (Wildman–Crippen LogP) is 1.72. The molecule has 16 N–H and O–H groups in total. The van der Waals surface area contributed by atoms with Crippen LogP contribution in [0.25, 0.3) is 0 Å². The molecule has 139 heavy (non-hydrogen) atoms. The number of nitrogens with one attached hydrogen (secondary N) is 7. The molecule has 10 rings (SSSR count). The molecule has 3 saturated heterocycles. The van der Waals surface area contributed by atoms with Gasteiger partial charge in [-0.05, 0) is 106 Å². The second-order valence-electron chi connectivity index (χ2n) is 33.7. The normalized spacial score (nSPS) is 19.8. The van der Waals surface area contributed by atoms with Crippen LogP contribution in [0.5, 0.6) is 23.0 Å². The highest BCUT2D eigenvalue weighted by Gasteiger charge is 2.43. The number of carbonyl (C=O) groups excluding carboxylic acids is 8. The summed E-state index contributed by atoms with van der Waals surface area (Å²) in [6, 6.07) is 17.0. The number of benzene rings is 4. The van der Waals surface area contributed by atoms with E-state index in [1.165, 1.54) is 32.6 Å². The van der Waals surface area contributed by atoms with Crippen molar-refractivity contribution in [1.82, 2.24) is 82.2 Å². The molecule has 764 valence electrons. The van der Waals surface area contributed by atoms with Gasteiger partial charge in [0, 0.05) is 88.1 Å². The van der Waals surface area contributed by atoms with Crippen molar-refractivity contribution < 1.29 is 154 Å². The first-order chi connectivity index (χ1) is 67.1. The maximum Gasteiger partial charge on any atom is 0.311 e. The molecule has 0 bridgehead atoms. The summed E-state index contributed by atoms with van der Waals surface area (Å²) in [4.78, 5) is 106. The minimum atomic E-state index is -2.39. The van der Waals surface area contributed by atoms with Crippen LogP contribution in [0.1, 0.15) is 188 Å². The molecule has 3 aliphatic heterocycles. The van der Waals surface area contributed by atoms with Gasteiger partial charge in [0.1, 0.15) is 133 Å². The average molecular weight is 1970 g/mol. The van der Waals surface area contributed by atoms with E-state index in [-0.39, 0.29) is 193 Å². The lowest BCUT2D eigenvalue weighted by molar-refractivity contribution is -0.171. The van der Waals surface area contributed by atoms with Gasteiger partial charge in [0.15, 0.2) is 0 Å². The number of hydrogen-bond donors (Lipinski definition) is 16. The topological polar surface area (TPSA) is 587 Å². The van der Waals surface area contributed by atoms with E-state index in [0.29, 0.717) is 134 Å². The third kappa shape index (κ3) is 34.5. The Bertz CT molecular complexity index is 4630. The third-order valence-electron chi connectivity index (χ3n) is 23.0. The van der Waals surface area contributed by atoms with Crippen LogP contribution in [0.15, 0.2) is 91.4 Å². The number of amides is 7. The Hall–Kier alpha value is -11.5. The standard InChI is InChI=1S/C91H123F5N16O27/c92-76-77(93)79(95)87(80(96)78(76)94)139-75(120)25-8-6-4-2-1-3-5-7-24-74(119)103-91(53-130-35-26-71(116)97-29-9-12-32-100-88(127)56-18-15-21-62(38-56)133-47-59-41-110(107-104-59)65-50-136-68(44-113)84(124)81(65)121,54-131-36-27-72(117)98-30-10-13-33-101-89(128)57-19-16-22-63(39-57)134-48-60-42-111(108-105-60)66-51-137-69(45-114)85(125)82(66)122)55-132-37-28-73(118)99-31-11-14-34-102-90(129)58-20-17-23-64(40-58)135-49-61-43-112(109-106-61)67-52-138-70(46-115)86(126)83(67)123/h15-23,38-43,65-70,81-86,113-115,121-126H,1-14,24-37,44-55H2,(H,97,116)(H,98,117)(H,99,118)(H,100,127)(H,101,128)(H,102,129)(H,103,119)/t65-,66-,67-,68+,69+,70+,81+,82+,83+,84-,85-,86-/m0/s1. The molecule has 3 aliphatic rings. The molecule has 12 atom stereocenters. The van der Waals surface area contributed by atoms with E-state index < -0.39 is 145 Å². The van der Waals surface area contributed by atoms with E-state index in [4.69, 9.17) is 42.6 Å². The molecule has 4 aromatic carbocycles. The Morgan fingerprint density at radius 3 is 1.00 bits per heavy atom. The zero-order valence-corrected chi connectivity index (χ0v) is 76.7. The lowest BCUT2D eigenvalue weighted by atomic mass is 9.98. The fourth-order valence-electron chi connectivity index (χ4n) is 15.0. The van der Waals surface area contributed by atoms with Crippen LogP contribution in [0.4, 0.5) is 22.0 Å². The van der Waals surface area contributed by atoms with Gasteiger partial charge in [-0.2, -0.15) is 8.78 Å².